The third-order valence-corrected chi connectivity index (χ3v) is 13.3. The predicted octanol–water partition coefficient (Wildman–Crippen LogP) is 22.3. The summed E-state index contributed by atoms with van der Waals surface area (Å²) in [5.41, 5.74) is 0. The van der Waals surface area contributed by atoms with Crippen molar-refractivity contribution in [3.05, 3.63) is 146 Å². The van der Waals surface area contributed by atoms with Crippen molar-refractivity contribution in [3.8, 4) is 0 Å². The molecule has 0 aliphatic heterocycles. The molecule has 446 valence electrons. The minimum absolute atomic E-state index is 0.102. The molecule has 0 spiro atoms. The molecule has 79 heavy (non-hydrogen) atoms. The van der Waals surface area contributed by atoms with Gasteiger partial charge in [0.1, 0.15) is 13.2 Å². The molecule has 0 saturated heterocycles. The number of ether oxygens (including phenoxy) is 3. The van der Waals surface area contributed by atoms with Crippen LogP contribution in [-0.4, -0.2) is 37.2 Å². The van der Waals surface area contributed by atoms with Gasteiger partial charge < -0.3 is 14.2 Å². The quantitative estimate of drug-likeness (QED) is 0.0261. The number of carbonyl (C=O) groups is 3. The maximum Gasteiger partial charge on any atom is 0.306 e. The summed E-state index contributed by atoms with van der Waals surface area (Å²) in [6, 6.07) is 0. The van der Waals surface area contributed by atoms with Gasteiger partial charge in [-0.1, -0.05) is 263 Å². The first-order valence-electron chi connectivity index (χ1n) is 32.3. The molecular formula is C73H118O6. The summed E-state index contributed by atoms with van der Waals surface area (Å²) in [7, 11) is 0. The molecule has 0 amide bonds. The van der Waals surface area contributed by atoms with E-state index in [9.17, 15) is 14.4 Å². The van der Waals surface area contributed by atoms with E-state index in [1.807, 2.05) is 0 Å². The van der Waals surface area contributed by atoms with Crippen molar-refractivity contribution >= 4 is 17.9 Å². The van der Waals surface area contributed by atoms with Gasteiger partial charge in [-0.05, 0) is 141 Å². The van der Waals surface area contributed by atoms with E-state index in [0.717, 1.165) is 148 Å². The molecule has 6 nitrogen and oxygen atoms in total. The Balaban J connectivity index is 4.50. The molecule has 0 aromatic heterocycles. The molecule has 0 aromatic rings. The summed E-state index contributed by atoms with van der Waals surface area (Å²) in [6.45, 7) is 6.37. The highest BCUT2D eigenvalue weighted by atomic mass is 16.6. The Hall–Kier alpha value is -4.71. The van der Waals surface area contributed by atoms with Gasteiger partial charge in [-0.2, -0.15) is 0 Å². The van der Waals surface area contributed by atoms with E-state index in [0.29, 0.717) is 19.3 Å². The summed E-state index contributed by atoms with van der Waals surface area (Å²) in [6.07, 6.45) is 94.1. The van der Waals surface area contributed by atoms with Gasteiger partial charge >= 0.3 is 17.9 Å². The number of allylic oxidation sites excluding steroid dienone is 24. The van der Waals surface area contributed by atoms with Crippen molar-refractivity contribution in [2.45, 2.75) is 284 Å². The summed E-state index contributed by atoms with van der Waals surface area (Å²) in [4.78, 5) is 38.4. The monoisotopic (exact) mass is 1090 g/mol. The van der Waals surface area contributed by atoms with Crippen LogP contribution in [0.5, 0.6) is 0 Å². The maximum absolute atomic E-state index is 12.9. The van der Waals surface area contributed by atoms with Crippen LogP contribution in [0.15, 0.2) is 146 Å². The Morgan fingerprint density at radius 3 is 0.797 bits per heavy atom. The van der Waals surface area contributed by atoms with Gasteiger partial charge in [0.25, 0.3) is 0 Å². The summed E-state index contributed by atoms with van der Waals surface area (Å²) in [5.74, 6) is -0.953. The number of unbranched alkanes of at least 4 members (excludes halogenated alkanes) is 22. The van der Waals surface area contributed by atoms with Gasteiger partial charge in [-0.3, -0.25) is 14.4 Å². The molecule has 0 heterocycles. The number of hydrogen-bond donors (Lipinski definition) is 0. The van der Waals surface area contributed by atoms with Crippen molar-refractivity contribution in [1.82, 2.24) is 0 Å². The Labute approximate surface area is 487 Å². The lowest BCUT2D eigenvalue weighted by Crippen LogP contribution is -2.30. The largest absolute Gasteiger partial charge is 0.462 e. The SMILES string of the molecule is CC/C=C\C/C=C\C/C=C\C/C=C\C/C=C\C/C=C\C/C=C\CCCCCC(=O)OCC(COC(=O)CCCCCCCCC/C=C\CCCCCCCC)OC(=O)CCCCCCCC/C=C\C/C=C\C/C=C\C/C=C\CC. The highest BCUT2D eigenvalue weighted by Gasteiger charge is 2.19. The molecule has 0 radical (unpaired) electrons. The molecule has 0 bridgehead atoms. The van der Waals surface area contributed by atoms with Crippen LogP contribution in [0.25, 0.3) is 0 Å². The van der Waals surface area contributed by atoms with Gasteiger partial charge in [0, 0.05) is 19.3 Å². The fourth-order valence-corrected chi connectivity index (χ4v) is 8.53. The average Bonchev–Trinajstić information content (AvgIpc) is 3.45. The lowest BCUT2D eigenvalue weighted by Gasteiger charge is -2.18. The Morgan fingerprint density at radius 1 is 0.266 bits per heavy atom. The van der Waals surface area contributed by atoms with E-state index < -0.39 is 6.10 Å². The number of rotatable bonds is 57. The van der Waals surface area contributed by atoms with Crippen LogP contribution in [0.2, 0.25) is 0 Å². The molecule has 0 N–H and O–H groups in total. The summed E-state index contributed by atoms with van der Waals surface area (Å²) >= 11 is 0. The zero-order chi connectivity index (χ0) is 57.1. The van der Waals surface area contributed by atoms with Gasteiger partial charge in [0.05, 0.1) is 0 Å². The Bertz CT molecular complexity index is 1730. The second-order valence-electron chi connectivity index (χ2n) is 20.9. The van der Waals surface area contributed by atoms with Crippen LogP contribution < -0.4 is 0 Å². The molecule has 6 heteroatoms. The average molecular weight is 1090 g/mol. The molecule has 1 atom stereocenters. The van der Waals surface area contributed by atoms with Crippen molar-refractivity contribution in [2.24, 2.45) is 0 Å². The van der Waals surface area contributed by atoms with Crippen molar-refractivity contribution < 1.29 is 28.6 Å². The Kier molecular flexibility index (Phi) is 61.9. The third-order valence-electron chi connectivity index (χ3n) is 13.3. The minimum atomic E-state index is -0.810. The number of esters is 3. The molecule has 1 unspecified atom stereocenters. The fraction of sp³-hybridized carbons (Fsp3) is 0.630. The first kappa shape index (κ1) is 74.3. The van der Waals surface area contributed by atoms with Crippen LogP contribution in [0.1, 0.15) is 278 Å². The second kappa shape index (κ2) is 65.8. The molecule has 0 aromatic carbocycles. The standard InChI is InChI=1S/C73H118O6/c1-4-7-10-13-16-19-22-25-28-31-33-34-35-36-37-38-40-42-45-48-51-54-57-60-63-66-72(75)78-69-70(68-77-71(74)65-62-59-56-53-50-47-44-41-30-27-24-21-18-15-12-9-6-3)79-73(76)67-64-61-58-55-52-49-46-43-39-32-29-26-23-20-17-14-11-8-5-2/h7-8,10-11,16-17,19-20,25-30,33-34,36-37,39-40,42-43,48,51,70H,4-6,9,12-15,18,21-24,31-32,35,38,41,44-47,49-50,52-69H2,1-3H3/b10-7-,11-8-,19-16-,20-17-,28-25-,29-26-,30-27-,34-33-,37-36-,42-40-,43-39-,51-48-. The van der Waals surface area contributed by atoms with E-state index in [-0.39, 0.29) is 31.1 Å². The van der Waals surface area contributed by atoms with Gasteiger partial charge in [0.15, 0.2) is 6.10 Å². The second-order valence-corrected chi connectivity index (χ2v) is 20.9. The topological polar surface area (TPSA) is 78.9 Å². The number of hydrogen-bond acceptors (Lipinski definition) is 6. The van der Waals surface area contributed by atoms with E-state index in [1.54, 1.807) is 0 Å². The third kappa shape index (κ3) is 64.0. The molecule has 0 rings (SSSR count). The zero-order valence-corrected chi connectivity index (χ0v) is 51.1. The van der Waals surface area contributed by atoms with Gasteiger partial charge in [-0.15, -0.1) is 0 Å². The summed E-state index contributed by atoms with van der Waals surface area (Å²) in [5, 5.41) is 0. The fourth-order valence-electron chi connectivity index (χ4n) is 8.53. The van der Waals surface area contributed by atoms with E-state index in [2.05, 4.69) is 167 Å². The van der Waals surface area contributed by atoms with Crippen molar-refractivity contribution in [3.63, 3.8) is 0 Å². The highest BCUT2D eigenvalue weighted by molar-refractivity contribution is 5.71. The molecule has 0 aliphatic rings. The van der Waals surface area contributed by atoms with Crippen LogP contribution in [0, 0.1) is 0 Å². The lowest BCUT2D eigenvalue weighted by atomic mass is 10.1. The molecule has 0 aliphatic carbocycles. The lowest BCUT2D eigenvalue weighted by molar-refractivity contribution is -0.167. The number of carbonyl (C=O) groups excluding carboxylic acids is 3. The smallest absolute Gasteiger partial charge is 0.306 e. The first-order valence-corrected chi connectivity index (χ1v) is 32.3. The maximum atomic E-state index is 12.9. The Morgan fingerprint density at radius 2 is 0.494 bits per heavy atom. The zero-order valence-electron chi connectivity index (χ0n) is 51.1. The van der Waals surface area contributed by atoms with Gasteiger partial charge in [-0.25, -0.2) is 0 Å². The molecular weight excluding hydrogens is 973 g/mol. The highest BCUT2D eigenvalue weighted by Crippen LogP contribution is 2.14. The van der Waals surface area contributed by atoms with Crippen LogP contribution in [0.4, 0.5) is 0 Å². The normalized spacial score (nSPS) is 13.1. The van der Waals surface area contributed by atoms with Crippen LogP contribution in [0.3, 0.4) is 0 Å². The molecule has 0 fully saturated rings. The van der Waals surface area contributed by atoms with Crippen LogP contribution >= 0.6 is 0 Å². The van der Waals surface area contributed by atoms with Crippen molar-refractivity contribution in [1.29, 1.82) is 0 Å². The molecule has 0 saturated carbocycles. The van der Waals surface area contributed by atoms with Crippen molar-refractivity contribution in [2.75, 3.05) is 13.2 Å². The first-order chi connectivity index (χ1) is 39.0. The van der Waals surface area contributed by atoms with Gasteiger partial charge in [0.2, 0.25) is 0 Å². The van der Waals surface area contributed by atoms with E-state index in [1.165, 1.54) is 89.9 Å². The van der Waals surface area contributed by atoms with Crippen LogP contribution in [-0.2, 0) is 28.6 Å². The minimum Gasteiger partial charge on any atom is -0.462 e. The van der Waals surface area contributed by atoms with E-state index in [4.69, 9.17) is 14.2 Å². The van der Waals surface area contributed by atoms with E-state index >= 15 is 0 Å². The summed E-state index contributed by atoms with van der Waals surface area (Å²) < 4.78 is 16.9. The predicted molar refractivity (Wildman–Crippen MR) is 343 cm³/mol.